The Bertz CT molecular complexity index is 845. The van der Waals surface area contributed by atoms with Crippen LogP contribution >= 0.6 is 0 Å². The highest BCUT2D eigenvalue weighted by Gasteiger charge is 2.18. The molecular weight excluding hydrogens is 359 g/mol. The van der Waals surface area contributed by atoms with Crippen LogP contribution in [0, 0.1) is 5.82 Å². The van der Waals surface area contributed by atoms with E-state index in [0.29, 0.717) is 12.3 Å². The normalized spacial score (nSPS) is 15.2. The van der Waals surface area contributed by atoms with E-state index >= 15 is 0 Å². The Balaban J connectivity index is 1.74. The zero-order valence-electron chi connectivity index (χ0n) is 16.0. The fraction of sp³-hybridized carbons (Fsp3) is 0.318. The monoisotopic (exact) mass is 384 g/mol. The smallest absolute Gasteiger partial charge is 0.188 e. The molecule has 0 spiro atoms. The van der Waals surface area contributed by atoms with Crippen LogP contribution < -0.4 is 9.64 Å². The number of allylic oxidation sites excluding steroid dienone is 1. The molecule has 5 nitrogen and oxygen atoms in total. The molecule has 2 aromatic rings. The Labute approximate surface area is 164 Å². The highest BCUT2D eigenvalue weighted by molar-refractivity contribution is 6.07. The van der Waals surface area contributed by atoms with Crippen molar-refractivity contribution in [1.82, 2.24) is 4.90 Å². The van der Waals surface area contributed by atoms with Crippen molar-refractivity contribution in [2.24, 2.45) is 0 Å². The first kappa shape index (κ1) is 20.0. The number of carbonyl (C=O) groups is 1. The lowest BCUT2D eigenvalue weighted by atomic mass is 10.1. The van der Waals surface area contributed by atoms with E-state index in [-0.39, 0.29) is 18.0 Å². The van der Waals surface area contributed by atoms with Gasteiger partial charge in [-0.1, -0.05) is 18.2 Å². The molecule has 1 aliphatic heterocycles. The van der Waals surface area contributed by atoms with Gasteiger partial charge in [0.05, 0.1) is 19.3 Å². The Morgan fingerprint density at radius 2 is 1.93 bits per heavy atom. The van der Waals surface area contributed by atoms with E-state index in [1.54, 1.807) is 12.1 Å². The zero-order valence-corrected chi connectivity index (χ0v) is 16.0. The number of piperazine rings is 1. The average Bonchev–Trinajstić information content (AvgIpc) is 2.73. The van der Waals surface area contributed by atoms with Gasteiger partial charge in [0.15, 0.2) is 5.78 Å². The lowest BCUT2D eigenvalue weighted by molar-refractivity contribution is 0.104. The van der Waals surface area contributed by atoms with Crippen molar-refractivity contribution < 1.29 is 19.0 Å². The minimum Gasteiger partial charge on any atom is -0.497 e. The van der Waals surface area contributed by atoms with Gasteiger partial charge in [0.25, 0.3) is 0 Å². The molecule has 28 heavy (non-hydrogen) atoms. The molecule has 2 aromatic carbocycles. The Hall–Kier alpha value is -2.70. The molecule has 1 heterocycles. The summed E-state index contributed by atoms with van der Waals surface area (Å²) in [5.41, 5.74) is 1.98. The zero-order chi connectivity index (χ0) is 19.9. The van der Waals surface area contributed by atoms with E-state index in [1.807, 2.05) is 24.3 Å². The summed E-state index contributed by atoms with van der Waals surface area (Å²) in [7, 11) is 1.46. The van der Waals surface area contributed by atoms with Crippen molar-refractivity contribution >= 4 is 17.5 Å². The molecule has 3 rings (SSSR count). The van der Waals surface area contributed by atoms with Crippen molar-refractivity contribution in [2.75, 3.05) is 51.3 Å². The third kappa shape index (κ3) is 4.77. The summed E-state index contributed by atoms with van der Waals surface area (Å²) in [6.07, 6.45) is 3.15. The van der Waals surface area contributed by atoms with Gasteiger partial charge in [0, 0.05) is 44.5 Å². The van der Waals surface area contributed by atoms with Crippen LogP contribution in [-0.2, 0) is 0 Å². The number of methoxy groups -OCH3 is 1. The van der Waals surface area contributed by atoms with E-state index in [2.05, 4.69) is 9.80 Å². The van der Waals surface area contributed by atoms with Crippen molar-refractivity contribution in [3.8, 4) is 5.75 Å². The minimum atomic E-state index is -0.595. The summed E-state index contributed by atoms with van der Waals surface area (Å²) in [5, 5.41) is 9.08. The standard InChI is InChI=1S/C22H25FN2O3/c1-28-18-7-8-19(20(23)16-18)22(27)9-6-17-4-2-3-5-21(17)25-12-10-24(11-13-25)14-15-26/h2-9,16,26H,10-15H2,1H3. The number of para-hydroxylation sites is 1. The Morgan fingerprint density at radius 1 is 1.18 bits per heavy atom. The number of carbonyl (C=O) groups excluding carboxylic acids is 1. The van der Waals surface area contributed by atoms with E-state index < -0.39 is 5.82 Å². The van der Waals surface area contributed by atoms with Gasteiger partial charge >= 0.3 is 0 Å². The number of rotatable bonds is 7. The van der Waals surface area contributed by atoms with Crippen LogP contribution in [0.1, 0.15) is 15.9 Å². The fourth-order valence-corrected chi connectivity index (χ4v) is 3.35. The predicted molar refractivity (Wildman–Crippen MR) is 108 cm³/mol. The number of nitrogens with zero attached hydrogens (tertiary/aromatic N) is 2. The predicted octanol–water partition coefficient (Wildman–Crippen LogP) is 2.84. The molecule has 1 fully saturated rings. The van der Waals surface area contributed by atoms with Gasteiger partial charge < -0.3 is 14.7 Å². The quantitative estimate of drug-likeness (QED) is 0.588. The number of ketones is 1. The Kier molecular flexibility index (Phi) is 6.79. The van der Waals surface area contributed by atoms with Crippen molar-refractivity contribution in [1.29, 1.82) is 0 Å². The third-order valence-corrected chi connectivity index (χ3v) is 4.92. The van der Waals surface area contributed by atoms with Crippen molar-refractivity contribution in [3.05, 3.63) is 65.5 Å². The van der Waals surface area contributed by atoms with Gasteiger partial charge in [-0.3, -0.25) is 9.69 Å². The van der Waals surface area contributed by atoms with Gasteiger partial charge in [-0.25, -0.2) is 4.39 Å². The second kappa shape index (κ2) is 9.48. The second-order valence-corrected chi connectivity index (χ2v) is 6.65. The number of halogens is 1. The lowest BCUT2D eigenvalue weighted by Crippen LogP contribution is -2.47. The van der Waals surface area contributed by atoms with E-state index in [9.17, 15) is 9.18 Å². The first-order valence-electron chi connectivity index (χ1n) is 9.35. The van der Waals surface area contributed by atoms with E-state index in [4.69, 9.17) is 9.84 Å². The highest BCUT2D eigenvalue weighted by Crippen LogP contribution is 2.24. The van der Waals surface area contributed by atoms with Gasteiger partial charge in [-0.2, -0.15) is 0 Å². The number of β-amino-alcohol motifs (C(OH)–C–C–N with tert-alkyl or cyclic N) is 1. The summed E-state index contributed by atoms with van der Waals surface area (Å²) < 4.78 is 19.1. The molecule has 1 N–H and O–H groups in total. The number of ether oxygens (including phenoxy) is 1. The Morgan fingerprint density at radius 3 is 2.61 bits per heavy atom. The van der Waals surface area contributed by atoms with Crippen LogP contribution in [0.3, 0.4) is 0 Å². The van der Waals surface area contributed by atoms with Gasteiger partial charge in [0.1, 0.15) is 11.6 Å². The molecule has 0 bridgehead atoms. The molecule has 0 radical (unpaired) electrons. The molecule has 6 heteroatoms. The lowest BCUT2D eigenvalue weighted by Gasteiger charge is -2.36. The molecule has 0 unspecified atom stereocenters. The average molecular weight is 384 g/mol. The van der Waals surface area contributed by atoms with E-state index in [0.717, 1.165) is 37.4 Å². The highest BCUT2D eigenvalue weighted by atomic mass is 19.1. The topological polar surface area (TPSA) is 53.0 Å². The van der Waals surface area contributed by atoms with Gasteiger partial charge in [-0.15, -0.1) is 0 Å². The molecular formula is C22H25FN2O3. The molecule has 1 aliphatic rings. The summed E-state index contributed by atoms with van der Waals surface area (Å²) in [6, 6.07) is 12.1. The largest absolute Gasteiger partial charge is 0.497 e. The maximum Gasteiger partial charge on any atom is 0.188 e. The van der Waals surface area contributed by atoms with Crippen molar-refractivity contribution in [2.45, 2.75) is 0 Å². The molecule has 0 aromatic heterocycles. The number of hydrogen-bond acceptors (Lipinski definition) is 5. The molecule has 148 valence electrons. The van der Waals surface area contributed by atoms with Crippen LogP contribution in [0.5, 0.6) is 5.75 Å². The maximum atomic E-state index is 14.1. The summed E-state index contributed by atoms with van der Waals surface area (Å²) >= 11 is 0. The fourth-order valence-electron chi connectivity index (χ4n) is 3.35. The van der Waals surface area contributed by atoms with Crippen molar-refractivity contribution in [3.63, 3.8) is 0 Å². The molecule has 1 saturated heterocycles. The first-order chi connectivity index (χ1) is 13.6. The van der Waals surface area contributed by atoms with Gasteiger partial charge in [0.2, 0.25) is 0 Å². The molecule has 0 saturated carbocycles. The number of hydrogen-bond donors (Lipinski definition) is 1. The first-order valence-corrected chi connectivity index (χ1v) is 9.35. The summed E-state index contributed by atoms with van der Waals surface area (Å²) in [4.78, 5) is 16.9. The third-order valence-electron chi connectivity index (χ3n) is 4.92. The molecule has 0 atom stereocenters. The number of aliphatic hydroxyl groups is 1. The summed E-state index contributed by atoms with van der Waals surface area (Å²) in [6.45, 7) is 4.34. The summed E-state index contributed by atoms with van der Waals surface area (Å²) in [5.74, 6) is -0.603. The number of anilines is 1. The van der Waals surface area contributed by atoms with Crippen LogP contribution in [0.15, 0.2) is 48.5 Å². The van der Waals surface area contributed by atoms with Crippen LogP contribution in [0.4, 0.5) is 10.1 Å². The maximum absolute atomic E-state index is 14.1. The van der Waals surface area contributed by atoms with E-state index in [1.165, 1.54) is 25.3 Å². The number of aliphatic hydroxyl groups excluding tert-OH is 1. The van der Waals surface area contributed by atoms with Gasteiger partial charge in [-0.05, 0) is 35.9 Å². The SMILES string of the molecule is COc1ccc(C(=O)C=Cc2ccccc2N2CCN(CCO)CC2)c(F)c1. The van der Waals surface area contributed by atoms with Crippen LogP contribution in [-0.4, -0.2) is 62.2 Å². The van der Waals surface area contributed by atoms with Crippen LogP contribution in [0.2, 0.25) is 0 Å². The number of benzene rings is 2. The molecule has 0 aliphatic carbocycles. The minimum absolute atomic E-state index is 0.0205. The van der Waals surface area contributed by atoms with Crippen LogP contribution in [0.25, 0.3) is 6.08 Å². The molecule has 0 amide bonds. The second-order valence-electron chi connectivity index (χ2n) is 6.65.